The van der Waals surface area contributed by atoms with Gasteiger partial charge in [0.05, 0.1) is 24.8 Å². The number of aliphatic imine (C=N–C) groups is 1. The highest BCUT2D eigenvalue weighted by Gasteiger charge is 2.19. The second-order valence-corrected chi connectivity index (χ2v) is 5.24. The number of allylic oxidation sites excluding steroid dienone is 1. The molecule has 2 aromatic rings. The quantitative estimate of drug-likeness (QED) is 0.296. The first-order valence-electron chi connectivity index (χ1n) is 8.10. The lowest BCUT2D eigenvalue weighted by atomic mass is 10.2. The number of aromatic nitrogens is 3. The van der Waals surface area contributed by atoms with E-state index in [9.17, 15) is 13.6 Å². The molecule has 0 atom stereocenters. The maximum absolute atomic E-state index is 12.5. The average Bonchev–Trinajstić information content (AvgIpc) is 3.17. The van der Waals surface area contributed by atoms with Crippen LogP contribution in [0.1, 0.15) is 12.7 Å². The topological polar surface area (TPSA) is 101 Å². The third-order valence-electron chi connectivity index (χ3n) is 3.51. The highest BCUT2D eigenvalue weighted by atomic mass is 19.3. The van der Waals surface area contributed by atoms with Gasteiger partial charge in [0.15, 0.2) is 11.6 Å². The minimum absolute atomic E-state index is 0.0510. The van der Waals surface area contributed by atoms with Crippen molar-refractivity contribution in [2.75, 3.05) is 7.11 Å². The number of para-hydroxylation sites is 1. The Bertz CT molecular complexity index is 893. The van der Waals surface area contributed by atoms with Crippen molar-refractivity contribution in [3.05, 3.63) is 53.7 Å². The van der Waals surface area contributed by atoms with Crippen molar-refractivity contribution in [3.8, 4) is 17.1 Å². The Morgan fingerprint density at radius 1 is 1.43 bits per heavy atom. The molecule has 0 aliphatic heterocycles. The number of amides is 1. The number of alkyl halides is 2. The van der Waals surface area contributed by atoms with Crippen molar-refractivity contribution >= 4 is 12.6 Å². The van der Waals surface area contributed by atoms with Crippen LogP contribution in [0.5, 0.6) is 5.75 Å². The van der Waals surface area contributed by atoms with E-state index in [-0.39, 0.29) is 23.7 Å². The van der Waals surface area contributed by atoms with E-state index in [1.807, 2.05) is 12.1 Å². The molecule has 0 aliphatic rings. The molecule has 2 rings (SSSR count). The fourth-order valence-corrected chi connectivity index (χ4v) is 2.30. The molecule has 0 spiro atoms. The number of nitrogens with zero attached hydrogens (tertiary/aromatic N) is 3. The summed E-state index contributed by atoms with van der Waals surface area (Å²) in [6.07, 6.45) is 2.26. The summed E-state index contributed by atoms with van der Waals surface area (Å²) >= 11 is 0. The molecule has 0 saturated carbocycles. The number of methoxy groups -OCH3 is 1. The number of carbonyl (C=O) groups is 1. The van der Waals surface area contributed by atoms with Crippen LogP contribution in [0.2, 0.25) is 0 Å². The molecule has 0 fully saturated rings. The van der Waals surface area contributed by atoms with E-state index < -0.39 is 12.5 Å². The second-order valence-electron chi connectivity index (χ2n) is 5.24. The first kappa shape index (κ1) is 20.7. The molecule has 1 heterocycles. The van der Waals surface area contributed by atoms with Gasteiger partial charge in [-0.2, -0.15) is 13.9 Å². The Balaban J connectivity index is 2.11. The molecule has 0 bridgehead atoms. The van der Waals surface area contributed by atoms with E-state index in [1.165, 1.54) is 20.1 Å². The van der Waals surface area contributed by atoms with Gasteiger partial charge in [-0.15, -0.1) is 0 Å². The third kappa shape index (κ3) is 5.22. The highest BCUT2D eigenvalue weighted by Crippen LogP contribution is 2.26. The van der Waals surface area contributed by atoms with Crippen molar-refractivity contribution in [2.24, 2.45) is 4.99 Å². The summed E-state index contributed by atoms with van der Waals surface area (Å²) in [7, 11) is 1.54. The molecule has 10 heteroatoms. The van der Waals surface area contributed by atoms with Crippen molar-refractivity contribution in [1.82, 2.24) is 20.5 Å². The van der Waals surface area contributed by atoms with E-state index in [4.69, 9.17) is 4.74 Å². The van der Waals surface area contributed by atoms with Crippen LogP contribution in [-0.4, -0.2) is 41.5 Å². The largest absolute Gasteiger partial charge is 0.496 e. The first-order valence-corrected chi connectivity index (χ1v) is 8.10. The molecule has 28 heavy (non-hydrogen) atoms. The number of halogens is 2. The second kappa shape index (κ2) is 9.95. The van der Waals surface area contributed by atoms with Crippen LogP contribution in [-0.2, 0) is 16.1 Å². The lowest BCUT2D eigenvalue weighted by Crippen LogP contribution is -2.26. The molecule has 148 valence electrons. The molecule has 0 radical (unpaired) electrons. The number of rotatable bonds is 9. The van der Waals surface area contributed by atoms with Gasteiger partial charge in [0.25, 0.3) is 5.91 Å². The highest BCUT2D eigenvalue weighted by molar-refractivity contribution is 5.97. The van der Waals surface area contributed by atoms with Gasteiger partial charge in [-0.1, -0.05) is 12.1 Å². The van der Waals surface area contributed by atoms with Gasteiger partial charge in [-0.25, -0.2) is 4.98 Å². The average molecular weight is 391 g/mol. The lowest BCUT2D eigenvalue weighted by Gasteiger charge is -2.12. The summed E-state index contributed by atoms with van der Waals surface area (Å²) in [4.78, 5) is 20.1. The van der Waals surface area contributed by atoms with E-state index in [0.717, 1.165) is 6.20 Å². The molecule has 0 saturated heterocycles. The van der Waals surface area contributed by atoms with Crippen LogP contribution in [0.4, 0.5) is 8.78 Å². The summed E-state index contributed by atoms with van der Waals surface area (Å²) in [6.45, 7) is 1.56. The number of nitrogens with one attached hydrogen (secondary N) is 2. The smallest absolute Gasteiger partial charge is 0.387 e. The summed E-state index contributed by atoms with van der Waals surface area (Å²) in [6, 6.07) is 7.23. The summed E-state index contributed by atoms with van der Waals surface area (Å²) < 4.78 is 34.6. The minimum Gasteiger partial charge on any atom is -0.496 e. The molecule has 1 amide bonds. The summed E-state index contributed by atoms with van der Waals surface area (Å²) in [5.41, 5.74) is 0.506. The maximum atomic E-state index is 12.5. The lowest BCUT2D eigenvalue weighted by molar-refractivity contribution is -0.119. The SMILES string of the molecule is C=N/C=C(C(=O)NCc1n[nH]c(-c2ccccc2OC)n1)\C(=C/C)OC(F)F. The van der Waals surface area contributed by atoms with Crippen molar-refractivity contribution < 1.29 is 23.0 Å². The number of ether oxygens (including phenoxy) is 2. The van der Waals surface area contributed by atoms with Crippen molar-refractivity contribution in [2.45, 2.75) is 20.1 Å². The van der Waals surface area contributed by atoms with Gasteiger partial charge >= 0.3 is 6.61 Å². The van der Waals surface area contributed by atoms with Gasteiger partial charge in [0, 0.05) is 6.20 Å². The zero-order valence-electron chi connectivity index (χ0n) is 15.3. The van der Waals surface area contributed by atoms with Crippen molar-refractivity contribution in [3.63, 3.8) is 0 Å². The fourth-order valence-electron chi connectivity index (χ4n) is 2.30. The normalized spacial score (nSPS) is 12.0. The Labute approximate surface area is 160 Å². The number of benzene rings is 1. The van der Waals surface area contributed by atoms with E-state index in [2.05, 4.69) is 36.9 Å². The van der Waals surface area contributed by atoms with E-state index >= 15 is 0 Å². The number of carbonyl (C=O) groups excluding carboxylic acids is 1. The van der Waals surface area contributed by atoms with Crippen LogP contribution in [0.25, 0.3) is 11.4 Å². The molecular formula is C18H19F2N5O3. The Hall–Kier alpha value is -3.56. The minimum atomic E-state index is -3.08. The van der Waals surface area contributed by atoms with E-state index in [0.29, 0.717) is 17.1 Å². The molecule has 1 aromatic carbocycles. The third-order valence-corrected chi connectivity index (χ3v) is 3.51. The molecule has 2 N–H and O–H groups in total. The van der Waals surface area contributed by atoms with Gasteiger partial charge in [-0.3, -0.25) is 14.9 Å². The Kier molecular flexibility index (Phi) is 7.37. The number of aromatic amines is 1. The van der Waals surface area contributed by atoms with Crippen LogP contribution < -0.4 is 10.1 Å². The standard InChI is InChI=1S/C18H19F2N5O3/c1-4-13(28-18(19)20)12(9-21-2)17(26)22-10-15-23-16(25-24-15)11-7-5-6-8-14(11)27-3/h4-9,18H,2,10H2,1,3H3,(H,22,26)(H,23,24,25)/b12-9+,13-4+. The zero-order valence-corrected chi connectivity index (χ0v) is 15.3. The van der Waals surface area contributed by atoms with E-state index in [1.54, 1.807) is 12.1 Å². The summed E-state index contributed by atoms with van der Waals surface area (Å²) in [5, 5.41) is 9.32. The molecule has 8 nitrogen and oxygen atoms in total. The van der Waals surface area contributed by atoms with Crippen LogP contribution in [0.15, 0.2) is 52.9 Å². The molecule has 1 aromatic heterocycles. The number of hydrogen-bond donors (Lipinski definition) is 2. The van der Waals surface area contributed by atoms with Crippen LogP contribution >= 0.6 is 0 Å². The number of H-pyrrole nitrogens is 1. The maximum Gasteiger partial charge on any atom is 0.387 e. The van der Waals surface area contributed by atoms with Gasteiger partial charge in [0.1, 0.15) is 11.5 Å². The van der Waals surface area contributed by atoms with Crippen molar-refractivity contribution in [1.29, 1.82) is 0 Å². The first-order chi connectivity index (χ1) is 13.5. The van der Waals surface area contributed by atoms with Crippen LogP contribution in [0, 0.1) is 0 Å². The Morgan fingerprint density at radius 2 is 2.18 bits per heavy atom. The number of hydrogen-bond acceptors (Lipinski definition) is 6. The fraction of sp³-hybridized carbons (Fsp3) is 0.222. The summed E-state index contributed by atoms with van der Waals surface area (Å²) in [5.74, 6) is 0.352. The Morgan fingerprint density at radius 3 is 2.82 bits per heavy atom. The predicted molar refractivity (Wildman–Crippen MR) is 98.7 cm³/mol. The van der Waals surface area contributed by atoms with Gasteiger partial charge in [0.2, 0.25) is 0 Å². The molecule has 0 aliphatic carbocycles. The van der Waals surface area contributed by atoms with Crippen LogP contribution in [0.3, 0.4) is 0 Å². The zero-order chi connectivity index (χ0) is 20.5. The van der Waals surface area contributed by atoms with Gasteiger partial charge in [-0.05, 0) is 31.9 Å². The molecular weight excluding hydrogens is 372 g/mol. The monoisotopic (exact) mass is 391 g/mol. The predicted octanol–water partition coefficient (Wildman–Crippen LogP) is 2.82. The van der Waals surface area contributed by atoms with Gasteiger partial charge < -0.3 is 14.8 Å². The molecule has 0 unspecified atom stereocenters.